The van der Waals surface area contributed by atoms with E-state index >= 15 is 0 Å². The molecular formula is C15H15NO. The first-order valence-corrected chi connectivity index (χ1v) is 5.75. The van der Waals surface area contributed by atoms with E-state index in [1.54, 1.807) is 0 Å². The fourth-order valence-corrected chi connectivity index (χ4v) is 1.73. The van der Waals surface area contributed by atoms with Gasteiger partial charge in [0.05, 0.1) is 0 Å². The van der Waals surface area contributed by atoms with Crippen molar-refractivity contribution >= 4 is 11.5 Å². The molecule has 0 atom stereocenters. The normalized spacial score (nSPS) is 9.94. The lowest BCUT2D eigenvalue weighted by Gasteiger charge is -2.05. The van der Waals surface area contributed by atoms with E-state index in [2.05, 4.69) is 5.32 Å². The molecule has 0 radical (unpaired) electrons. The summed E-state index contributed by atoms with van der Waals surface area (Å²) < 4.78 is 0. The monoisotopic (exact) mass is 225 g/mol. The molecule has 2 aromatic rings. The lowest BCUT2D eigenvalue weighted by Crippen LogP contribution is -2.03. The molecule has 0 heterocycles. The van der Waals surface area contributed by atoms with Crippen molar-refractivity contribution < 1.29 is 4.79 Å². The minimum Gasteiger partial charge on any atom is -0.385 e. The Morgan fingerprint density at radius 1 is 1.00 bits per heavy atom. The summed E-state index contributed by atoms with van der Waals surface area (Å²) in [6, 6.07) is 16.9. The van der Waals surface area contributed by atoms with Crippen molar-refractivity contribution in [2.24, 2.45) is 0 Å². The molecule has 1 N–H and O–H groups in total. The highest BCUT2D eigenvalue weighted by molar-refractivity contribution is 6.09. The van der Waals surface area contributed by atoms with Gasteiger partial charge in [0.25, 0.3) is 0 Å². The Hall–Kier alpha value is -2.09. The molecule has 0 unspecified atom stereocenters. The van der Waals surface area contributed by atoms with Gasteiger partial charge in [-0.05, 0) is 19.1 Å². The number of rotatable bonds is 4. The number of hydrogen-bond donors (Lipinski definition) is 1. The van der Waals surface area contributed by atoms with E-state index in [0.717, 1.165) is 23.4 Å². The van der Waals surface area contributed by atoms with Crippen molar-refractivity contribution in [1.82, 2.24) is 0 Å². The molecule has 2 nitrogen and oxygen atoms in total. The van der Waals surface area contributed by atoms with Crippen LogP contribution >= 0.6 is 0 Å². The van der Waals surface area contributed by atoms with Gasteiger partial charge in [-0.2, -0.15) is 0 Å². The third kappa shape index (κ3) is 2.72. The molecule has 0 amide bonds. The molecule has 86 valence electrons. The summed E-state index contributed by atoms with van der Waals surface area (Å²) >= 11 is 0. The minimum absolute atomic E-state index is 0.0605. The summed E-state index contributed by atoms with van der Waals surface area (Å²) in [6.45, 7) is 2.88. The van der Waals surface area contributed by atoms with Crippen molar-refractivity contribution in [3.63, 3.8) is 0 Å². The smallest absolute Gasteiger partial charge is 0.193 e. The average Bonchev–Trinajstić information content (AvgIpc) is 2.40. The van der Waals surface area contributed by atoms with Gasteiger partial charge in [0.15, 0.2) is 5.78 Å². The van der Waals surface area contributed by atoms with Crippen LogP contribution in [0.2, 0.25) is 0 Å². The Labute approximate surface area is 101 Å². The lowest BCUT2D eigenvalue weighted by molar-refractivity contribution is 0.103. The maximum Gasteiger partial charge on any atom is 0.193 e. The minimum atomic E-state index is 0.0605. The zero-order valence-corrected chi connectivity index (χ0v) is 9.81. The number of ketones is 1. The Bertz CT molecular complexity index is 505. The van der Waals surface area contributed by atoms with Crippen LogP contribution in [0.1, 0.15) is 22.8 Å². The Kier molecular flexibility index (Phi) is 3.55. The van der Waals surface area contributed by atoms with Crippen LogP contribution in [0.5, 0.6) is 0 Å². The van der Waals surface area contributed by atoms with E-state index in [4.69, 9.17) is 0 Å². The highest BCUT2D eigenvalue weighted by Crippen LogP contribution is 2.14. The van der Waals surface area contributed by atoms with Crippen LogP contribution in [0.15, 0.2) is 54.6 Å². The quantitative estimate of drug-likeness (QED) is 0.808. The summed E-state index contributed by atoms with van der Waals surface area (Å²) in [5, 5.41) is 3.20. The van der Waals surface area contributed by atoms with E-state index in [1.807, 2.05) is 61.5 Å². The molecule has 0 saturated carbocycles. The van der Waals surface area contributed by atoms with E-state index in [1.165, 1.54) is 0 Å². The predicted molar refractivity (Wildman–Crippen MR) is 70.5 cm³/mol. The van der Waals surface area contributed by atoms with Gasteiger partial charge in [-0.1, -0.05) is 42.5 Å². The van der Waals surface area contributed by atoms with Gasteiger partial charge < -0.3 is 5.32 Å². The van der Waals surface area contributed by atoms with Gasteiger partial charge in [0, 0.05) is 23.4 Å². The van der Waals surface area contributed by atoms with Crippen LogP contribution in [0, 0.1) is 0 Å². The predicted octanol–water partition coefficient (Wildman–Crippen LogP) is 3.35. The first-order valence-electron chi connectivity index (χ1n) is 5.75. The van der Waals surface area contributed by atoms with Gasteiger partial charge in [0.2, 0.25) is 0 Å². The van der Waals surface area contributed by atoms with Gasteiger partial charge in [0.1, 0.15) is 0 Å². The fourth-order valence-electron chi connectivity index (χ4n) is 1.73. The number of nitrogens with one attached hydrogen (secondary N) is 1. The molecule has 2 heteroatoms. The van der Waals surface area contributed by atoms with Crippen molar-refractivity contribution in [1.29, 1.82) is 0 Å². The largest absolute Gasteiger partial charge is 0.385 e. The zero-order chi connectivity index (χ0) is 12.1. The first-order chi connectivity index (χ1) is 8.31. The van der Waals surface area contributed by atoms with Crippen molar-refractivity contribution in [2.75, 3.05) is 11.9 Å². The van der Waals surface area contributed by atoms with Crippen LogP contribution in [-0.4, -0.2) is 12.3 Å². The van der Waals surface area contributed by atoms with Crippen molar-refractivity contribution in [3.05, 3.63) is 65.7 Å². The molecule has 0 aliphatic rings. The van der Waals surface area contributed by atoms with Crippen molar-refractivity contribution in [3.8, 4) is 0 Å². The molecule has 0 aliphatic heterocycles. The standard InChI is InChI=1S/C15H15NO/c1-2-16-14-10-6-9-13(11-14)15(17)12-7-4-3-5-8-12/h3-11,16H,2H2,1H3. The molecule has 2 rings (SSSR count). The summed E-state index contributed by atoms with van der Waals surface area (Å²) in [6.07, 6.45) is 0. The molecular weight excluding hydrogens is 210 g/mol. The summed E-state index contributed by atoms with van der Waals surface area (Å²) in [7, 11) is 0. The maximum atomic E-state index is 12.2. The highest BCUT2D eigenvalue weighted by Gasteiger charge is 2.08. The van der Waals surface area contributed by atoms with E-state index in [9.17, 15) is 4.79 Å². The second-order valence-corrected chi connectivity index (χ2v) is 3.81. The first kappa shape index (κ1) is 11.4. The highest BCUT2D eigenvalue weighted by atomic mass is 16.1. The third-order valence-electron chi connectivity index (χ3n) is 2.54. The molecule has 0 saturated heterocycles. The van der Waals surface area contributed by atoms with Crippen molar-refractivity contribution in [2.45, 2.75) is 6.92 Å². The molecule has 17 heavy (non-hydrogen) atoms. The Morgan fingerprint density at radius 2 is 1.71 bits per heavy atom. The van der Waals surface area contributed by atoms with Crippen LogP contribution in [0.4, 0.5) is 5.69 Å². The number of hydrogen-bond acceptors (Lipinski definition) is 2. The fraction of sp³-hybridized carbons (Fsp3) is 0.133. The SMILES string of the molecule is CCNc1cccc(C(=O)c2ccccc2)c1. The van der Waals surface area contributed by atoms with Gasteiger partial charge >= 0.3 is 0 Å². The summed E-state index contributed by atoms with van der Waals surface area (Å²) in [5.74, 6) is 0.0605. The molecule has 0 aromatic heterocycles. The molecule has 0 bridgehead atoms. The maximum absolute atomic E-state index is 12.2. The topological polar surface area (TPSA) is 29.1 Å². The second-order valence-electron chi connectivity index (χ2n) is 3.81. The number of carbonyl (C=O) groups excluding carboxylic acids is 1. The number of anilines is 1. The summed E-state index contributed by atoms with van der Waals surface area (Å²) in [4.78, 5) is 12.2. The van der Waals surface area contributed by atoms with Crippen LogP contribution in [0.3, 0.4) is 0 Å². The van der Waals surface area contributed by atoms with E-state index in [-0.39, 0.29) is 5.78 Å². The summed E-state index contributed by atoms with van der Waals surface area (Å²) in [5.41, 5.74) is 2.42. The molecule has 0 fully saturated rings. The number of carbonyl (C=O) groups is 1. The Balaban J connectivity index is 2.28. The zero-order valence-electron chi connectivity index (χ0n) is 9.81. The van der Waals surface area contributed by atoms with Crippen LogP contribution < -0.4 is 5.32 Å². The second kappa shape index (κ2) is 5.30. The van der Waals surface area contributed by atoms with Crippen LogP contribution in [-0.2, 0) is 0 Å². The van der Waals surface area contributed by atoms with Gasteiger partial charge in [-0.3, -0.25) is 4.79 Å². The lowest BCUT2D eigenvalue weighted by atomic mass is 10.0. The average molecular weight is 225 g/mol. The van der Waals surface area contributed by atoms with E-state index < -0.39 is 0 Å². The Morgan fingerprint density at radius 3 is 2.41 bits per heavy atom. The van der Waals surface area contributed by atoms with Crippen LogP contribution in [0.25, 0.3) is 0 Å². The molecule has 2 aromatic carbocycles. The van der Waals surface area contributed by atoms with Gasteiger partial charge in [-0.15, -0.1) is 0 Å². The molecule has 0 spiro atoms. The van der Waals surface area contributed by atoms with E-state index in [0.29, 0.717) is 0 Å². The number of benzene rings is 2. The van der Waals surface area contributed by atoms with Gasteiger partial charge in [-0.25, -0.2) is 0 Å². The molecule has 0 aliphatic carbocycles. The third-order valence-corrected chi connectivity index (χ3v) is 2.54.